The molecule has 0 radical (unpaired) electrons. The summed E-state index contributed by atoms with van der Waals surface area (Å²) in [5, 5.41) is 50.9. The summed E-state index contributed by atoms with van der Waals surface area (Å²) in [5.74, 6) is -15.7. The van der Waals surface area contributed by atoms with E-state index in [0.717, 1.165) is 46.4 Å². The highest BCUT2D eigenvalue weighted by molar-refractivity contribution is 8.77. The maximum absolute atomic E-state index is 16.4. The fourth-order valence-corrected chi connectivity index (χ4v) is 17.5. The molecule has 17 amide bonds. The van der Waals surface area contributed by atoms with Crippen LogP contribution >= 0.6 is 21.6 Å². The van der Waals surface area contributed by atoms with Gasteiger partial charge in [-0.2, -0.15) is 0 Å². The Morgan fingerprint density at radius 2 is 1.10 bits per heavy atom. The number of fused-ring (bicyclic) bond motifs is 2. The van der Waals surface area contributed by atoms with Gasteiger partial charge in [0.05, 0.1) is 18.9 Å². The van der Waals surface area contributed by atoms with Gasteiger partial charge in [-0.3, -0.25) is 81.5 Å². The van der Waals surface area contributed by atoms with E-state index >= 15 is 28.8 Å². The SMILES string of the molecule is CC(=O)NCCCC[C@@H]1NC(=O)[C@H](Cc2c[nH]c3c(C)cccc23)NC(=O)[C@H]([C@@H](C)O)NC(=O)[C@H](CC(N)=O)NC(=O)[C@@H](NC(C)=O)C(C)(C)SSC(C)(C)[C@@H](C(=O)N[C@@H](Cc2ccc(OCCN)cc2)C(=O)N[C@@H](Cc2ccc3ccccc3c2)C(=O)NC(C)(CCCCN)C(=O)N[C@@H](CCCCNC(C)=O)C(=O)N[C@@H](CC(N)=O)C(=O)N[C@H](CCCCN)C(N)=O)NC1=O. The van der Waals surface area contributed by atoms with E-state index < -0.39 is 189 Å². The van der Waals surface area contributed by atoms with Gasteiger partial charge in [-0.05, 0) is 184 Å². The molecule has 4 aromatic carbocycles. The van der Waals surface area contributed by atoms with Crippen molar-refractivity contribution in [2.24, 2.45) is 34.4 Å². The van der Waals surface area contributed by atoms with Gasteiger partial charge in [0.1, 0.15) is 84.4 Å². The van der Waals surface area contributed by atoms with Gasteiger partial charge in [0.2, 0.25) is 100 Å². The molecule has 131 heavy (non-hydrogen) atoms. The molecule has 0 spiro atoms. The van der Waals surface area contributed by atoms with Crippen LogP contribution in [0.3, 0.4) is 0 Å². The summed E-state index contributed by atoms with van der Waals surface area (Å²) in [6, 6.07) is 5.70. The molecular formula is C89H131N21O19S2. The Kier molecular flexibility index (Phi) is 42.9. The molecule has 1 aromatic heterocycles. The Balaban J connectivity index is 1.54. The normalized spacial score (nSPS) is 19.2. The zero-order valence-electron chi connectivity index (χ0n) is 75.9. The third-order valence-electron chi connectivity index (χ3n) is 22.0. The summed E-state index contributed by atoms with van der Waals surface area (Å²) in [5.41, 5.74) is 35.2. The number of aliphatic hydroxyl groups excluding tert-OH is 1. The molecule has 1 fully saturated rings. The average Bonchev–Trinajstić information content (AvgIpc) is 1.11. The van der Waals surface area contributed by atoms with Gasteiger partial charge in [0, 0.05) is 86.3 Å². The predicted molar refractivity (Wildman–Crippen MR) is 495 cm³/mol. The molecule has 13 atom stereocenters. The van der Waals surface area contributed by atoms with E-state index in [2.05, 4.69) is 79.4 Å². The molecule has 40 nitrogen and oxygen atoms in total. The zero-order chi connectivity index (χ0) is 97.0. The molecule has 42 heteroatoms. The second kappa shape index (κ2) is 52.2. The Labute approximate surface area is 769 Å². The van der Waals surface area contributed by atoms with Crippen molar-refractivity contribution in [1.82, 2.24) is 79.4 Å². The van der Waals surface area contributed by atoms with Gasteiger partial charge in [0.15, 0.2) is 0 Å². The summed E-state index contributed by atoms with van der Waals surface area (Å²) in [4.78, 5) is 247. The highest BCUT2D eigenvalue weighted by atomic mass is 33.1. The summed E-state index contributed by atoms with van der Waals surface area (Å²) >= 11 is 0. The number of aromatic amines is 1. The van der Waals surface area contributed by atoms with Gasteiger partial charge in [-0.15, -0.1) is 0 Å². The molecule has 6 rings (SSSR count). The van der Waals surface area contributed by atoms with Crippen LogP contribution in [0.1, 0.15) is 174 Å². The number of carbonyl (C=O) groups is 17. The van der Waals surface area contributed by atoms with Crippen LogP contribution in [0.15, 0.2) is 91.1 Å². The maximum atomic E-state index is 16.4. The molecule has 718 valence electrons. The van der Waals surface area contributed by atoms with Gasteiger partial charge < -0.3 is 124 Å². The molecule has 1 saturated heterocycles. The number of amides is 17. The summed E-state index contributed by atoms with van der Waals surface area (Å²) in [6.45, 7) is 15.1. The number of aromatic nitrogens is 1. The van der Waals surface area contributed by atoms with Crippen LogP contribution in [0.2, 0.25) is 0 Å². The van der Waals surface area contributed by atoms with Crippen LogP contribution in [0.4, 0.5) is 0 Å². The topological polar surface area (TPSA) is 660 Å². The largest absolute Gasteiger partial charge is 0.492 e. The number of rotatable bonds is 46. The number of unbranched alkanes of at least 4 members (excludes halogenated alkanes) is 4. The number of H-pyrrole nitrogens is 1. The maximum Gasteiger partial charge on any atom is 0.246 e. The summed E-state index contributed by atoms with van der Waals surface area (Å²) in [7, 11) is 1.81. The van der Waals surface area contributed by atoms with E-state index in [1.54, 1.807) is 66.9 Å². The highest BCUT2D eigenvalue weighted by Crippen LogP contribution is 2.47. The zero-order valence-corrected chi connectivity index (χ0v) is 77.6. The predicted octanol–water partition coefficient (Wildman–Crippen LogP) is -1.34. The minimum atomic E-state index is -2.03. The number of primary amides is 3. The van der Waals surface area contributed by atoms with E-state index in [1.165, 1.54) is 48.5 Å². The number of hydrogen-bond donors (Lipinski definition) is 22. The van der Waals surface area contributed by atoms with Crippen LogP contribution in [0.5, 0.6) is 5.75 Å². The van der Waals surface area contributed by atoms with Crippen molar-refractivity contribution < 1.29 is 91.4 Å². The Hall–Kier alpha value is -12.0. The molecule has 1 unspecified atom stereocenters. The Morgan fingerprint density at radius 3 is 1.73 bits per heavy atom. The van der Waals surface area contributed by atoms with Crippen LogP contribution < -0.4 is 114 Å². The molecular weight excluding hydrogens is 1730 g/mol. The molecule has 1 aliphatic rings. The van der Waals surface area contributed by atoms with Crippen LogP contribution in [-0.4, -0.2) is 237 Å². The van der Waals surface area contributed by atoms with E-state index in [1.807, 2.05) is 31.2 Å². The highest BCUT2D eigenvalue weighted by Gasteiger charge is 2.47. The number of carbonyl (C=O) groups excluding carboxylic acids is 17. The first-order valence-corrected chi connectivity index (χ1v) is 45.9. The number of aliphatic hydroxyl groups is 1. The monoisotopic (exact) mass is 1860 g/mol. The fraction of sp³-hybridized carbons (Fsp3) is 0.539. The Morgan fingerprint density at radius 1 is 0.542 bits per heavy atom. The van der Waals surface area contributed by atoms with E-state index in [9.17, 15) is 57.8 Å². The third-order valence-corrected chi connectivity index (χ3v) is 26.2. The van der Waals surface area contributed by atoms with Gasteiger partial charge in [-0.1, -0.05) is 94.4 Å². The number of nitrogens with one attached hydrogen (secondary N) is 15. The lowest BCUT2D eigenvalue weighted by Crippen LogP contribution is -2.65. The summed E-state index contributed by atoms with van der Waals surface area (Å²) < 4.78 is 2.58. The smallest absolute Gasteiger partial charge is 0.246 e. The molecule has 0 saturated carbocycles. The first-order chi connectivity index (χ1) is 61.9. The van der Waals surface area contributed by atoms with Gasteiger partial charge >= 0.3 is 0 Å². The van der Waals surface area contributed by atoms with Crippen LogP contribution in [-0.2, 0) is 101 Å². The second-order valence-corrected chi connectivity index (χ2v) is 37.5. The van der Waals surface area contributed by atoms with Crippen molar-refractivity contribution in [2.45, 2.75) is 266 Å². The summed E-state index contributed by atoms with van der Waals surface area (Å²) in [6.07, 6.45) is -1.31. The fourth-order valence-electron chi connectivity index (χ4n) is 14.6. The Bertz CT molecular complexity index is 4840. The molecule has 5 aromatic rings. The number of nitrogens with two attached hydrogens (primary N) is 6. The lowest BCUT2D eigenvalue weighted by atomic mass is 9.91. The van der Waals surface area contributed by atoms with Crippen LogP contribution in [0.25, 0.3) is 21.7 Å². The number of para-hydroxylation sites is 1. The number of ether oxygens (including phenoxy) is 1. The van der Waals surface area contributed by atoms with Crippen molar-refractivity contribution in [1.29, 1.82) is 0 Å². The molecule has 0 aliphatic carbocycles. The third kappa shape index (κ3) is 34.7. The molecule has 2 heterocycles. The number of hydrogen-bond acceptors (Lipinski definition) is 24. The van der Waals surface area contributed by atoms with E-state index in [0.29, 0.717) is 58.0 Å². The van der Waals surface area contributed by atoms with Crippen molar-refractivity contribution in [3.63, 3.8) is 0 Å². The quantitative estimate of drug-likeness (QED) is 0.0158. The van der Waals surface area contributed by atoms with Crippen molar-refractivity contribution >= 4 is 144 Å². The van der Waals surface area contributed by atoms with Crippen molar-refractivity contribution in [2.75, 3.05) is 39.3 Å². The van der Waals surface area contributed by atoms with Crippen molar-refractivity contribution in [3.8, 4) is 5.75 Å². The molecule has 1 aliphatic heterocycles. The first kappa shape index (κ1) is 108. The van der Waals surface area contributed by atoms with Crippen molar-refractivity contribution in [3.05, 3.63) is 113 Å². The van der Waals surface area contributed by atoms with Crippen LogP contribution in [0, 0.1) is 6.92 Å². The van der Waals surface area contributed by atoms with E-state index in [4.69, 9.17) is 39.1 Å². The number of aryl methyl sites for hydroxylation is 1. The van der Waals surface area contributed by atoms with E-state index in [-0.39, 0.29) is 128 Å². The minimum absolute atomic E-state index is 0.0549. The second-order valence-electron chi connectivity index (χ2n) is 34.1. The van der Waals surface area contributed by atoms with Gasteiger partial charge in [0.25, 0.3) is 0 Å². The minimum Gasteiger partial charge on any atom is -0.492 e. The van der Waals surface area contributed by atoms with Gasteiger partial charge in [-0.25, -0.2) is 0 Å². The number of benzene rings is 4. The first-order valence-electron chi connectivity index (χ1n) is 43.8. The molecule has 28 N–H and O–H groups in total. The molecule has 0 bridgehead atoms. The lowest BCUT2D eigenvalue weighted by Gasteiger charge is -2.39. The standard InChI is InChI=1S/C89H131N21O19S2/c1-49-22-21-25-60-58(48-98-71(49)60)45-66-79(121)101-62(27-14-19-39-96-51(3)112)77(119)109-74(88(8,9)131-130-87(6,7)73(99-53(5)114)84(126)106-68(47-70(94)116)81(123)108-72(50(2)111)83(125)104-66)85(127)105-64(43-54-30-33-59(34-31-54)129-41-38-92)78(120)102-65(44-55-29-32-56-23-11-12-24-57(56)42-55)82(124)110-89(10,35-16-18-37-91)86(128)107-63(28-15-20-40-97-52(4)113)76(118)103-67(46-69(93)115)80(122)100-61(75(95)117)26-13-17-36-90/h11-12,21-25,29-34,42,48,50,61-68,72-74,98,111H,13-20,26-28,35-41,43-47,90-92H2,1-10H3,(H2,93,115)(H2,94,116)(H2,95,117)(H,96,112)(H,97,113)(H,99,114)(H,100,122)(H,101,121)(H,102,120)(H,103,118)(H,104,125)(H,105,127)(H,106,126)(H,107,128)(H,108,123)(H,109,119)(H,110,124)/t50-,61-,62+,63+,64+,65+,66+,67+,68+,72+,73-,74-,89?/m1/s1. The lowest BCUT2D eigenvalue weighted by molar-refractivity contribution is -0.138. The average molecular weight is 1860 g/mol.